The van der Waals surface area contributed by atoms with Gasteiger partial charge in [-0.2, -0.15) is 0 Å². The Balaban J connectivity index is 2.40. The van der Waals surface area contributed by atoms with Crippen LogP contribution in [0.15, 0.2) is 43.0 Å². The molecule has 0 amide bonds. The Morgan fingerprint density at radius 2 is 2.14 bits per heavy atom. The summed E-state index contributed by atoms with van der Waals surface area (Å²) in [6.45, 7) is 4.67. The van der Waals surface area contributed by atoms with E-state index in [-0.39, 0.29) is 0 Å². The first-order chi connectivity index (χ1) is 10.7. The molecule has 0 aliphatic carbocycles. The van der Waals surface area contributed by atoms with Gasteiger partial charge in [-0.3, -0.25) is 0 Å². The number of benzene rings is 2. The van der Waals surface area contributed by atoms with Gasteiger partial charge in [-0.15, -0.1) is 6.58 Å². The smallest absolute Gasteiger partial charge is 0.166 e. The summed E-state index contributed by atoms with van der Waals surface area (Å²) in [5.74, 6) is 0.915. The first-order valence-electron chi connectivity index (χ1n) is 7.35. The second kappa shape index (κ2) is 7.80. The molecule has 2 N–H and O–H groups in total. The fourth-order valence-corrected chi connectivity index (χ4v) is 2.76. The molecule has 0 saturated carbocycles. The normalized spacial score (nSPS) is 10.3. The van der Waals surface area contributed by atoms with E-state index in [9.17, 15) is 0 Å². The van der Waals surface area contributed by atoms with Gasteiger partial charge in [0.1, 0.15) is 5.75 Å². The topological polar surface area (TPSA) is 33.3 Å². The minimum atomic E-state index is 0.670. The molecule has 2 aromatic rings. The average Bonchev–Trinajstić information content (AvgIpc) is 2.55. The number of nitrogens with one attached hydrogen (secondary N) is 2. The average molecular weight is 314 g/mol. The highest BCUT2D eigenvalue weighted by Gasteiger charge is 2.10. The first kappa shape index (κ1) is 16.3. The van der Waals surface area contributed by atoms with E-state index < -0.39 is 0 Å². The van der Waals surface area contributed by atoms with Gasteiger partial charge in [0, 0.05) is 19.2 Å². The molecular formula is C18H22N2OS. The van der Waals surface area contributed by atoms with Crippen LogP contribution >= 0.6 is 12.2 Å². The molecule has 0 saturated heterocycles. The predicted molar refractivity (Wildman–Crippen MR) is 97.8 cm³/mol. The Labute approximate surface area is 137 Å². The van der Waals surface area contributed by atoms with Crippen LogP contribution in [-0.2, 0) is 12.8 Å². The predicted octanol–water partition coefficient (Wildman–Crippen LogP) is 3.21. The van der Waals surface area contributed by atoms with Crippen molar-refractivity contribution in [2.45, 2.75) is 12.8 Å². The third-order valence-electron chi connectivity index (χ3n) is 3.67. The van der Waals surface area contributed by atoms with Crippen molar-refractivity contribution >= 4 is 28.1 Å². The molecule has 4 heteroatoms. The number of ether oxygens (including phenoxy) is 1. The van der Waals surface area contributed by atoms with Gasteiger partial charge in [-0.05, 0) is 47.5 Å². The lowest BCUT2D eigenvalue weighted by Crippen LogP contribution is -2.33. The third-order valence-corrected chi connectivity index (χ3v) is 4.02. The van der Waals surface area contributed by atoms with Crippen molar-refractivity contribution in [1.29, 1.82) is 0 Å². The lowest BCUT2D eigenvalue weighted by molar-refractivity contribution is 0.411. The second-order valence-electron chi connectivity index (χ2n) is 5.01. The van der Waals surface area contributed by atoms with Gasteiger partial charge < -0.3 is 15.4 Å². The molecule has 0 atom stereocenters. The van der Waals surface area contributed by atoms with Gasteiger partial charge in [0.05, 0.1) is 7.11 Å². The maximum Gasteiger partial charge on any atom is 0.166 e. The standard InChI is InChI=1S/C18H22N2OS/c1-4-6-15-16(21-3)10-9-13-7-5-8-14(17(13)15)11-12-20-18(22)19-2/h4-5,7-10H,1,6,11-12H2,2-3H3,(H2,19,20,22). The number of hydrogen-bond donors (Lipinski definition) is 2. The quantitative estimate of drug-likeness (QED) is 0.634. The summed E-state index contributed by atoms with van der Waals surface area (Å²) >= 11 is 5.12. The van der Waals surface area contributed by atoms with Crippen LogP contribution in [0.25, 0.3) is 10.8 Å². The fraction of sp³-hybridized carbons (Fsp3) is 0.278. The summed E-state index contributed by atoms with van der Waals surface area (Å²) in [4.78, 5) is 0. The number of hydrogen-bond acceptors (Lipinski definition) is 2. The molecule has 2 rings (SSSR count). The van der Waals surface area contributed by atoms with Gasteiger partial charge in [-0.1, -0.05) is 30.3 Å². The number of fused-ring (bicyclic) bond motifs is 1. The van der Waals surface area contributed by atoms with Gasteiger partial charge >= 0.3 is 0 Å². The van der Waals surface area contributed by atoms with Gasteiger partial charge in [-0.25, -0.2) is 0 Å². The van der Waals surface area contributed by atoms with E-state index in [0.717, 1.165) is 25.1 Å². The Bertz CT molecular complexity index is 682. The highest BCUT2D eigenvalue weighted by Crippen LogP contribution is 2.31. The molecule has 0 spiro atoms. The second-order valence-corrected chi connectivity index (χ2v) is 5.42. The van der Waals surface area contributed by atoms with Crippen molar-refractivity contribution in [3.63, 3.8) is 0 Å². The van der Waals surface area contributed by atoms with Crippen molar-refractivity contribution in [2.75, 3.05) is 20.7 Å². The van der Waals surface area contributed by atoms with Crippen LogP contribution in [0.4, 0.5) is 0 Å². The Morgan fingerprint density at radius 1 is 1.32 bits per heavy atom. The van der Waals surface area contributed by atoms with Gasteiger partial charge in [0.25, 0.3) is 0 Å². The zero-order valence-electron chi connectivity index (χ0n) is 13.1. The Morgan fingerprint density at radius 3 is 2.82 bits per heavy atom. The zero-order chi connectivity index (χ0) is 15.9. The van der Waals surface area contributed by atoms with Gasteiger partial charge in [0.2, 0.25) is 0 Å². The van der Waals surface area contributed by atoms with E-state index in [1.165, 1.54) is 21.9 Å². The number of allylic oxidation sites excluding steroid dienone is 1. The number of thiocarbonyl (C=S) groups is 1. The molecule has 0 fully saturated rings. The minimum Gasteiger partial charge on any atom is -0.496 e. The summed E-state index contributed by atoms with van der Waals surface area (Å²) in [7, 11) is 3.53. The van der Waals surface area contributed by atoms with Crippen LogP contribution in [0.5, 0.6) is 5.75 Å². The molecule has 116 valence electrons. The molecule has 0 unspecified atom stereocenters. The summed E-state index contributed by atoms with van der Waals surface area (Å²) in [6.07, 6.45) is 3.61. The largest absolute Gasteiger partial charge is 0.496 e. The monoisotopic (exact) mass is 314 g/mol. The van der Waals surface area contributed by atoms with Crippen LogP contribution in [-0.4, -0.2) is 25.8 Å². The molecule has 0 bridgehead atoms. The molecule has 0 aromatic heterocycles. The van der Waals surface area contributed by atoms with Crippen LogP contribution in [0.2, 0.25) is 0 Å². The fourth-order valence-electron chi connectivity index (χ4n) is 2.66. The Hall–Kier alpha value is -2.07. The van der Waals surface area contributed by atoms with E-state index in [4.69, 9.17) is 17.0 Å². The Kier molecular flexibility index (Phi) is 5.78. The van der Waals surface area contributed by atoms with Gasteiger partial charge in [0.15, 0.2) is 5.11 Å². The molecule has 2 aromatic carbocycles. The molecule has 0 aliphatic heterocycles. The molecule has 0 radical (unpaired) electrons. The zero-order valence-corrected chi connectivity index (χ0v) is 13.9. The third kappa shape index (κ3) is 3.57. The molecular weight excluding hydrogens is 292 g/mol. The van der Waals surface area contributed by atoms with Crippen LogP contribution < -0.4 is 15.4 Å². The van der Waals surface area contributed by atoms with Crippen molar-refractivity contribution in [3.05, 3.63) is 54.1 Å². The highest BCUT2D eigenvalue weighted by atomic mass is 32.1. The van der Waals surface area contributed by atoms with Crippen molar-refractivity contribution < 1.29 is 4.74 Å². The van der Waals surface area contributed by atoms with Crippen LogP contribution in [0, 0.1) is 0 Å². The minimum absolute atomic E-state index is 0.670. The molecule has 22 heavy (non-hydrogen) atoms. The molecule has 0 aliphatic rings. The van der Waals surface area contributed by atoms with Crippen molar-refractivity contribution in [3.8, 4) is 5.75 Å². The lowest BCUT2D eigenvalue weighted by atomic mass is 9.95. The van der Waals surface area contributed by atoms with E-state index in [2.05, 4.69) is 41.5 Å². The summed E-state index contributed by atoms with van der Waals surface area (Å²) < 4.78 is 5.53. The van der Waals surface area contributed by atoms with Crippen LogP contribution in [0.1, 0.15) is 11.1 Å². The molecule has 0 heterocycles. The number of methoxy groups -OCH3 is 1. The summed E-state index contributed by atoms with van der Waals surface area (Å²) in [5, 5.41) is 9.28. The maximum absolute atomic E-state index is 5.53. The first-order valence-corrected chi connectivity index (χ1v) is 7.76. The SMILES string of the molecule is C=CCc1c(OC)ccc2cccc(CCNC(=S)NC)c12. The van der Waals surface area contributed by atoms with E-state index >= 15 is 0 Å². The van der Waals surface area contributed by atoms with E-state index in [0.29, 0.717) is 5.11 Å². The summed E-state index contributed by atoms with van der Waals surface area (Å²) in [6, 6.07) is 10.5. The molecule has 3 nitrogen and oxygen atoms in total. The van der Waals surface area contributed by atoms with Crippen LogP contribution in [0.3, 0.4) is 0 Å². The number of rotatable bonds is 6. The maximum atomic E-state index is 5.53. The van der Waals surface area contributed by atoms with Crippen molar-refractivity contribution in [2.24, 2.45) is 0 Å². The van der Waals surface area contributed by atoms with E-state index in [1.807, 2.05) is 19.2 Å². The van der Waals surface area contributed by atoms with Crippen molar-refractivity contribution in [1.82, 2.24) is 10.6 Å². The highest BCUT2D eigenvalue weighted by molar-refractivity contribution is 7.80. The lowest BCUT2D eigenvalue weighted by Gasteiger charge is -2.15. The van der Waals surface area contributed by atoms with E-state index in [1.54, 1.807) is 7.11 Å². The summed E-state index contributed by atoms with van der Waals surface area (Å²) in [5.41, 5.74) is 2.49.